The third kappa shape index (κ3) is 3.11. The molecule has 0 saturated carbocycles. The molecule has 2 aromatic carbocycles. The van der Waals surface area contributed by atoms with E-state index in [1.54, 1.807) is 13.2 Å². The molecule has 5 heteroatoms. The van der Waals surface area contributed by atoms with E-state index >= 15 is 0 Å². The molecule has 2 aromatic rings. The van der Waals surface area contributed by atoms with E-state index < -0.39 is 0 Å². The van der Waals surface area contributed by atoms with Crippen LogP contribution in [-0.2, 0) is 0 Å². The molecule has 1 amide bonds. The quantitative estimate of drug-likeness (QED) is 0.691. The molecule has 0 radical (unpaired) electrons. The number of amides is 1. The second kappa shape index (κ2) is 7.23. The molecule has 3 atom stereocenters. The lowest BCUT2D eigenvalue weighted by Gasteiger charge is -2.38. The Morgan fingerprint density at radius 1 is 1.29 bits per heavy atom. The summed E-state index contributed by atoms with van der Waals surface area (Å²) in [4.78, 5) is 12.8. The van der Waals surface area contributed by atoms with Crippen molar-refractivity contribution in [1.82, 2.24) is 5.32 Å². The van der Waals surface area contributed by atoms with E-state index in [2.05, 4.69) is 28.9 Å². The van der Waals surface area contributed by atoms with E-state index in [0.29, 0.717) is 17.2 Å². The Morgan fingerprint density at radius 2 is 2.11 bits per heavy atom. The van der Waals surface area contributed by atoms with E-state index in [9.17, 15) is 9.90 Å². The number of nitrogens with one attached hydrogen (secondary N) is 2. The molecular formula is C23H26N2O3. The lowest BCUT2D eigenvalue weighted by atomic mass is 9.76. The van der Waals surface area contributed by atoms with Gasteiger partial charge in [0.25, 0.3) is 5.91 Å². The van der Waals surface area contributed by atoms with E-state index in [4.69, 9.17) is 4.74 Å². The second-order valence-corrected chi connectivity index (χ2v) is 7.80. The minimum absolute atomic E-state index is 0.0231. The number of hydrogen-bond acceptors (Lipinski definition) is 4. The number of anilines is 1. The lowest BCUT2D eigenvalue weighted by molar-refractivity contribution is 0.0943. The van der Waals surface area contributed by atoms with Crippen LogP contribution in [0.4, 0.5) is 5.69 Å². The fourth-order valence-corrected chi connectivity index (χ4v) is 4.37. The standard InChI is InChI=1S/C23H26N2O3/c1-13(2)24-23(27)18-9-5-8-17-15-6-4-7-16(15)21(25-22(17)18)14-10-11-19(26)20(12-14)28-3/h4-6,8-13,15-16,21,25-26H,7H2,1-3H3,(H,24,27). The third-order valence-corrected chi connectivity index (χ3v) is 5.62. The van der Waals surface area contributed by atoms with E-state index in [-0.39, 0.29) is 29.7 Å². The number of carbonyl (C=O) groups excluding carboxylic acids is 1. The Hall–Kier alpha value is -2.95. The number of phenolic OH excluding ortho intramolecular Hbond substituents is 1. The van der Waals surface area contributed by atoms with Crippen LogP contribution in [-0.4, -0.2) is 24.2 Å². The number of benzene rings is 2. The van der Waals surface area contributed by atoms with Gasteiger partial charge < -0.3 is 20.5 Å². The fourth-order valence-electron chi connectivity index (χ4n) is 4.37. The monoisotopic (exact) mass is 378 g/mol. The van der Waals surface area contributed by atoms with Gasteiger partial charge in [-0.15, -0.1) is 0 Å². The van der Waals surface area contributed by atoms with Gasteiger partial charge in [-0.1, -0.05) is 30.4 Å². The number of carbonyl (C=O) groups is 1. The molecule has 1 heterocycles. The number of allylic oxidation sites excluding steroid dienone is 2. The van der Waals surface area contributed by atoms with Crippen LogP contribution in [0.15, 0.2) is 48.6 Å². The minimum atomic E-state index is -0.0678. The summed E-state index contributed by atoms with van der Waals surface area (Å²) in [6, 6.07) is 11.5. The molecule has 28 heavy (non-hydrogen) atoms. The zero-order valence-corrected chi connectivity index (χ0v) is 16.4. The highest BCUT2D eigenvalue weighted by Gasteiger charge is 2.39. The molecule has 0 fully saturated rings. The molecule has 5 nitrogen and oxygen atoms in total. The first-order valence-corrected chi connectivity index (χ1v) is 9.73. The summed E-state index contributed by atoms with van der Waals surface area (Å²) >= 11 is 0. The zero-order chi connectivity index (χ0) is 19.8. The molecule has 1 aliphatic carbocycles. The first-order valence-electron chi connectivity index (χ1n) is 9.73. The number of hydrogen-bond donors (Lipinski definition) is 3. The van der Waals surface area contributed by atoms with Gasteiger partial charge in [0.15, 0.2) is 11.5 Å². The van der Waals surface area contributed by atoms with Gasteiger partial charge in [0.1, 0.15) is 0 Å². The number of rotatable bonds is 4. The summed E-state index contributed by atoms with van der Waals surface area (Å²) in [6.07, 6.45) is 5.43. The van der Waals surface area contributed by atoms with Crippen LogP contribution in [0.1, 0.15) is 53.7 Å². The summed E-state index contributed by atoms with van der Waals surface area (Å²) in [6.45, 7) is 3.92. The van der Waals surface area contributed by atoms with Crippen molar-refractivity contribution in [1.29, 1.82) is 0 Å². The van der Waals surface area contributed by atoms with Crippen LogP contribution in [0.5, 0.6) is 11.5 Å². The van der Waals surface area contributed by atoms with Gasteiger partial charge in [-0.3, -0.25) is 4.79 Å². The molecule has 4 rings (SSSR count). The Balaban J connectivity index is 1.78. The number of fused-ring (bicyclic) bond motifs is 3. The number of para-hydroxylation sites is 1. The molecule has 0 aromatic heterocycles. The van der Waals surface area contributed by atoms with Crippen LogP contribution in [0.3, 0.4) is 0 Å². The number of methoxy groups -OCH3 is 1. The Kier molecular flexibility index (Phi) is 4.75. The molecule has 3 N–H and O–H groups in total. The molecule has 1 aliphatic heterocycles. The average Bonchev–Trinajstić information content (AvgIpc) is 3.17. The van der Waals surface area contributed by atoms with Gasteiger partial charge in [0.05, 0.1) is 24.4 Å². The van der Waals surface area contributed by atoms with Crippen LogP contribution in [0.25, 0.3) is 0 Å². The predicted molar refractivity (Wildman–Crippen MR) is 110 cm³/mol. The average molecular weight is 378 g/mol. The summed E-state index contributed by atoms with van der Waals surface area (Å²) in [7, 11) is 1.55. The maximum absolute atomic E-state index is 12.8. The molecular weight excluding hydrogens is 352 g/mol. The van der Waals surface area contributed by atoms with Gasteiger partial charge >= 0.3 is 0 Å². The van der Waals surface area contributed by atoms with Gasteiger partial charge in [-0.2, -0.15) is 0 Å². The van der Waals surface area contributed by atoms with Crippen LogP contribution in [0.2, 0.25) is 0 Å². The van der Waals surface area contributed by atoms with Gasteiger partial charge in [0.2, 0.25) is 0 Å². The van der Waals surface area contributed by atoms with Crippen molar-refractivity contribution >= 4 is 11.6 Å². The SMILES string of the molecule is COc1cc(C2Nc3c(C(=O)NC(C)C)cccc3C3C=CCC32)ccc1O. The van der Waals surface area contributed by atoms with Crippen molar-refractivity contribution in [3.63, 3.8) is 0 Å². The molecule has 2 aliphatic rings. The highest BCUT2D eigenvalue weighted by atomic mass is 16.5. The molecule has 0 bridgehead atoms. The van der Waals surface area contributed by atoms with Gasteiger partial charge in [-0.05, 0) is 55.5 Å². The summed E-state index contributed by atoms with van der Waals surface area (Å²) in [5.41, 5.74) is 3.77. The maximum atomic E-state index is 12.8. The minimum Gasteiger partial charge on any atom is -0.504 e. The summed E-state index contributed by atoms with van der Waals surface area (Å²) in [5, 5.41) is 16.6. The van der Waals surface area contributed by atoms with Crippen molar-refractivity contribution in [3.05, 3.63) is 65.2 Å². The largest absolute Gasteiger partial charge is 0.504 e. The number of aromatic hydroxyl groups is 1. The molecule has 146 valence electrons. The smallest absolute Gasteiger partial charge is 0.253 e. The fraction of sp³-hybridized carbons (Fsp3) is 0.348. The third-order valence-electron chi connectivity index (χ3n) is 5.62. The Morgan fingerprint density at radius 3 is 2.86 bits per heavy atom. The van der Waals surface area contributed by atoms with E-state index in [0.717, 1.165) is 23.2 Å². The van der Waals surface area contributed by atoms with Crippen LogP contribution >= 0.6 is 0 Å². The van der Waals surface area contributed by atoms with Gasteiger partial charge in [0, 0.05) is 12.0 Å². The topological polar surface area (TPSA) is 70.6 Å². The Bertz CT molecular complexity index is 935. The molecule has 0 saturated heterocycles. The normalized spacial score (nSPS) is 22.4. The van der Waals surface area contributed by atoms with Crippen LogP contribution in [0, 0.1) is 5.92 Å². The van der Waals surface area contributed by atoms with Crippen LogP contribution < -0.4 is 15.4 Å². The molecule has 3 unspecified atom stereocenters. The van der Waals surface area contributed by atoms with E-state index in [1.807, 2.05) is 38.1 Å². The highest BCUT2D eigenvalue weighted by Crippen LogP contribution is 2.51. The first kappa shape index (κ1) is 18.4. The zero-order valence-electron chi connectivity index (χ0n) is 16.4. The van der Waals surface area contributed by atoms with Crippen molar-refractivity contribution in [2.24, 2.45) is 5.92 Å². The maximum Gasteiger partial charge on any atom is 0.253 e. The predicted octanol–water partition coefficient (Wildman–Crippen LogP) is 4.37. The first-order chi connectivity index (χ1) is 13.5. The van der Waals surface area contributed by atoms with Gasteiger partial charge in [-0.25, -0.2) is 0 Å². The summed E-state index contributed by atoms with van der Waals surface area (Å²) in [5.74, 6) is 1.12. The van der Waals surface area contributed by atoms with Crippen molar-refractivity contribution < 1.29 is 14.6 Å². The Labute approximate surface area is 165 Å². The molecule has 0 spiro atoms. The number of phenols is 1. The number of ether oxygens (including phenoxy) is 1. The van der Waals surface area contributed by atoms with Crippen molar-refractivity contribution in [2.45, 2.75) is 38.3 Å². The highest BCUT2D eigenvalue weighted by molar-refractivity contribution is 6.01. The van der Waals surface area contributed by atoms with E-state index in [1.165, 1.54) is 0 Å². The van der Waals surface area contributed by atoms with Crippen molar-refractivity contribution in [3.8, 4) is 11.5 Å². The van der Waals surface area contributed by atoms with Crippen molar-refractivity contribution in [2.75, 3.05) is 12.4 Å². The summed E-state index contributed by atoms with van der Waals surface area (Å²) < 4.78 is 5.31. The lowest BCUT2D eigenvalue weighted by Crippen LogP contribution is -2.34. The second-order valence-electron chi connectivity index (χ2n) is 7.80.